The molecule has 0 saturated heterocycles. The third-order valence-corrected chi connectivity index (χ3v) is 5.08. The van der Waals surface area contributed by atoms with E-state index in [0.717, 1.165) is 34.9 Å². The summed E-state index contributed by atoms with van der Waals surface area (Å²) in [5.74, 6) is 1.65. The van der Waals surface area contributed by atoms with Crippen molar-refractivity contribution in [3.05, 3.63) is 30.3 Å². The molecule has 2 aromatic heterocycles. The molecule has 0 aromatic carbocycles. The van der Waals surface area contributed by atoms with E-state index in [9.17, 15) is 0 Å². The normalized spacial score (nSPS) is 20.5. The zero-order valence-corrected chi connectivity index (χ0v) is 13.9. The van der Waals surface area contributed by atoms with Crippen LogP contribution < -0.4 is 0 Å². The van der Waals surface area contributed by atoms with Gasteiger partial charge in [-0.2, -0.15) is 0 Å². The summed E-state index contributed by atoms with van der Waals surface area (Å²) in [7, 11) is 0. The molecule has 3 heteroatoms. The Morgan fingerprint density at radius 1 is 1.36 bits per heavy atom. The third-order valence-electron chi connectivity index (χ3n) is 5.08. The summed E-state index contributed by atoms with van der Waals surface area (Å²) in [4.78, 5) is 8.91. The summed E-state index contributed by atoms with van der Waals surface area (Å²) in [6, 6.07) is 4.04. The molecule has 3 rings (SSSR count). The van der Waals surface area contributed by atoms with Gasteiger partial charge in [-0.3, -0.25) is 9.98 Å². The Kier molecular flexibility index (Phi) is 4.32. The van der Waals surface area contributed by atoms with Crippen molar-refractivity contribution < 1.29 is 4.42 Å². The lowest BCUT2D eigenvalue weighted by atomic mass is 9.92. The van der Waals surface area contributed by atoms with E-state index in [1.165, 1.54) is 32.1 Å². The van der Waals surface area contributed by atoms with Crippen LogP contribution in [0.25, 0.3) is 11.0 Å². The van der Waals surface area contributed by atoms with Crippen molar-refractivity contribution >= 4 is 16.7 Å². The molecule has 1 fully saturated rings. The zero-order chi connectivity index (χ0) is 15.6. The molecule has 2 aromatic rings. The van der Waals surface area contributed by atoms with Crippen LogP contribution in [-0.2, 0) is 0 Å². The van der Waals surface area contributed by atoms with Crippen LogP contribution in [0.3, 0.4) is 0 Å². The van der Waals surface area contributed by atoms with E-state index < -0.39 is 0 Å². The first kappa shape index (κ1) is 15.3. The molecule has 1 unspecified atom stereocenters. The lowest BCUT2D eigenvalue weighted by Crippen LogP contribution is -2.06. The fourth-order valence-corrected chi connectivity index (χ4v) is 3.81. The van der Waals surface area contributed by atoms with E-state index in [1.807, 2.05) is 6.07 Å². The summed E-state index contributed by atoms with van der Waals surface area (Å²) < 4.78 is 5.84. The second-order valence-corrected chi connectivity index (χ2v) is 6.71. The number of nitrogens with zero attached hydrogens (tertiary/aromatic N) is 2. The molecule has 0 bridgehead atoms. The predicted molar refractivity (Wildman–Crippen MR) is 91.4 cm³/mol. The molecular weight excluding hydrogens is 272 g/mol. The highest BCUT2D eigenvalue weighted by Crippen LogP contribution is 2.59. The lowest BCUT2D eigenvalue weighted by Gasteiger charge is -2.14. The Labute approximate surface area is 132 Å². The van der Waals surface area contributed by atoms with Crippen LogP contribution in [0.2, 0.25) is 0 Å². The van der Waals surface area contributed by atoms with Gasteiger partial charge in [0, 0.05) is 18.1 Å². The van der Waals surface area contributed by atoms with E-state index in [1.54, 1.807) is 12.4 Å². The fraction of sp³-hybridized carbons (Fsp3) is 0.579. The summed E-state index contributed by atoms with van der Waals surface area (Å²) in [5.41, 5.74) is 2.43. The van der Waals surface area contributed by atoms with Crippen LogP contribution in [-0.4, -0.2) is 17.2 Å². The monoisotopic (exact) mass is 298 g/mol. The number of hydrogen-bond donors (Lipinski definition) is 0. The van der Waals surface area contributed by atoms with Crippen molar-refractivity contribution in [3.8, 4) is 0 Å². The van der Waals surface area contributed by atoms with Crippen LogP contribution >= 0.6 is 0 Å². The van der Waals surface area contributed by atoms with Crippen molar-refractivity contribution in [2.75, 3.05) is 6.54 Å². The zero-order valence-electron chi connectivity index (χ0n) is 13.9. The van der Waals surface area contributed by atoms with Crippen LogP contribution in [0.1, 0.15) is 58.6 Å². The average molecular weight is 298 g/mol. The quantitative estimate of drug-likeness (QED) is 0.655. The molecule has 0 N–H and O–H groups in total. The molecule has 0 spiro atoms. The van der Waals surface area contributed by atoms with Crippen LogP contribution in [0.5, 0.6) is 0 Å². The van der Waals surface area contributed by atoms with Gasteiger partial charge in [-0.25, -0.2) is 0 Å². The molecular formula is C19H26N2O. The maximum atomic E-state index is 5.84. The summed E-state index contributed by atoms with van der Waals surface area (Å²) in [6.45, 7) is 7.59. The minimum Gasteiger partial charge on any atom is -0.453 e. The standard InChI is InChI=1S/C19H26N2O/c1-4-7-19(8-5-2)11-16(19)12-21-14(3)17-10-15-6-9-20-13-18(15)22-17/h6,9-10,13,16H,4-5,7-8,11-12H2,1-3H3. The van der Waals surface area contributed by atoms with Crippen LogP contribution in [0.15, 0.2) is 33.9 Å². The summed E-state index contributed by atoms with van der Waals surface area (Å²) >= 11 is 0. The lowest BCUT2D eigenvalue weighted by molar-refractivity contribution is 0.379. The highest BCUT2D eigenvalue weighted by atomic mass is 16.3. The van der Waals surface area contributed by atoms with Gasteiger partial charge in [-0.15, -0.1) is 0 Å². The maximum Gasteiger partial charge on any atom is 0.153 e. The van der Waals surface area contributed by atoms with Gasteiger partial charge in [-0.05, 0) is 49.7 Å². The van der Waals surface area contributed by atoms with Gasteiger partial charge in [0.2, 0.25) is 0 Å². The molecule has 118 valence electrons. The van der Waals surface area contributed by atoms with Crippen molar-refractivity contribution in [2.45, 2.75) is 52.9 Å². The topological polar surface area (TPSA) is 38.4 Å². The molecule has 1 saturated carbocycles. The summed E-state index contributed by atoms with van der Waals surface area (Å²) in [6.07, 6.45) is 10.2. The first-order chi connectivity index (χ1) is 10.7. The van der Waals surface area contributed by atoms with Crippen molar-refractivity contribution in [3.63, 3.8) is 0 Å². The Morgan fingerprint density at radius 3 is 2.82 bits per heavy atom. The van der Waals surface area contributed by atoms with Gasteiger partial charge in [0.15, 0.2) is 5.58 Å². The number of aromatic nitrogens is 1. The average Bonchev–Trinajstić information content (AvgIpc) is 3.00. The highest BCUT2D eigenvalue weighted by molar-refractivity contribution is 5.99. The number of fused-ring (bicyclic) bond motifs is 1. The van der Waals surface area contributed by atoms with E-state index in [4.69, 9.17) is 9.41 Å². The number of aliphatic imine (C=N–C) groups is 1. The van der Waals surface area contributed by atoms with Gasteiger partial charge in [0.25, 0.3) is 0 Å². The molecule has 22 heavy (non-hydrogen) atoms. The maximum absolute atomic E-state index is 5.84. The van der Waals surface area contributed by atoms with E-state index in [2.05, 4.69) is 31.8 Å². The van der Waals surface area contributed by atoms with E-state index >= 15 is 0 Å². The molecule has 1 aliphatic rings. The second-order valence-electron chi connectivity index (χ2n) is 6.71. The summed E-state index contributed by atoms with van der Waals surface area (Å²) in [5, 5.41) is 1.09. The number of rotatable bonds is 7. The van der Waals surface area contributed by atoms with E-state index in [-0.39, 0.29) is 0 Å². The van der Waals surface area contributed by atoms with Crippen molar-refractivity contribution in [2.24, 2.45) is 16.3 Å². The van der Waals surface area contributed by atoms with Gasteiger partial charge in [-0.1, -0.05) is 26.7 Å². The van der Waals surface area contributed by atoms with Gasteiger partial charge < -0.3 is 4.42 Å². The van der Waals surface area contributed by atoms with E-state index in [0.29, 0.717) is 5.41 Å². The van der Waals surface area contributed by atoms with Crippen LogP contribution in [0, 0.1) is 11.3 Å². The SMILES string of the molecule is CCCC1(CCC)CC1CN=C(C)c1cc2ccncc2o1. The number of pyridine rings is 1. The van der Waals surface area contributed by atoms with Gasteiger partial charge >= 0.3 is 0 Å². The van der Waals surface area contributed by atoms with Gasteiger partial charge in [0.05, 0.1) is 11.9 Å². The van der Waals surface area contributed by atoms with Crippen molar-refractivity contribution in [1.82, 2.24) is 4.98 Å². The molecule has 0 radical (unpaired) electrons. The molecule has 3 nitrogen and oxygen atoms in total. The third kappa shape index (κ3) is 2.94. The predicted octanol–water partition coefficient (Wildman–Crippen LogP) is 5.24. The minimum absolute atomic E-state index is 0.588. The first-order valence-corrected chi connectivity index (χ1v) is 8.53. The van der Waals surface area contributed by atoms with Crippen molar-refractivity contribution in [1.29, 1.82) is 0 Å². The van der Waals surface area contributed by atoms with Crippen LogP contribution in [0.4, 0.5) is 0 Å². The smallest absolute Gasteiger partial charge is 0.153 e. The highest BCUT2D eigenvalue weighted by Gasteiger charge is 2.51. The molecule has 1 atom stereocenters. The number of furan rings is 1. The Hall–Kier alpha value is -1.64. The minimum atomic E-state index is 0.588. The molecule has 1 aliphatic carbocycles. The Bertz CT molecular complexity index is 632. The molecule has 0 aliphatic heterocycles. The largest absolute Gasteiger partial charge is 0.453 e. The molecule has 2 heterocycles. The Balaban J connectivity index is 1.68. The van der Waals surface area contributed by atoms with Gasteiger partial charge in [0.1, 0.15) is 5.76 Å². The number of hydrogen-bond acceptors (Lipinski definition) is 3. The first-order valence-electron chi connectivity index (χ1n) is 8.53. The Morgan fingerprint density at radius 2 is 2.14 bits per heavy atom. The molecule has 0 amide bonds. The second kappa shape index (κ2) is 6.23. The fourth-order valence-electron chi connectivity index (χ4n) is 3.81.